The molecule has 0 rings (SSSR count). The predicted molar refractivity (Wildman–Crippen MR) is 95.0 cm³/mol. The van der Waals surface area contributed by atoms with Crippen LogP contribution in [0.4, 0.5) is 0 Å². The van der Waals surface area contributed by atoms with Crippen LogP contribution in [0.1, 0.15) is 104 Å². The van der Waals surface area contributed by atoms with Gasteiger partial charge in [-0.05, 0) is 13.3 Å². The predicted octanol–water partition coefficient (Wildman–Crippen LogP) is 4.96. The van der Waals surface area contributed by atoms with Crippen LogP contribution in [-0.2, 0) is 4.79 Å². The lowest BCUT2D eigenvalue weighted by molar-refractivity contribution is -0.121. The first-order valence-corrected chi connectivity index (χ1v) is 9.61. The van der Waals surface area contributed by atoms with E-state index in [2.05, 4.69) is 12.2 Å². The number of amides is 1. The van der Waals surface area contributed by atoms with Crippen LogP contribution in [0.3, 0.4) is 0 Å². The van der Waals surface area contributed by atoms with Crippen molar-refractivity contribution in [1.82, 2.24) is 5.32 Å². The maximum atomic E-state index is 11.4. The summed E-state index contributed by atoms with van der Waals surface area (Å²) in [4.78, 5) is 11.4. The molecule has 0 aromatic rings. The fourth-order valence-corrected chi connectivity index (χ4v) is 2.65. The van der Waals surface area contributed by atoms with Gasteiger partial charge in [-0.2, -0.15) is 0 Å². The van der Waals surface area contributed by atoms with E-state index in [9.17, 15) is 4.79 Å². The Morgan fingerprint density at radius 2 is 1.23 bits per heavy atom. The summed E-state index contributed by atoms with van der Waals surface area (Å²) in [5, 5.41) is 11.8. The highest BCUT2D eigenvalue weighted by molar-refractivity contribution is 5.75. The van der Waals surface area contributed by atoms with Crippen molar-refractivity contribution in [3.05, 3.63) is 0 Å². The smallest absolute Gasteiger partial charge is 0.220 e. The van der Waals surface area contributed by atoms with Gasteiger partial charge in [0, 0.05) is 13.0 Å². The van der Waals surface area contributed by atoms with Gasteiger partial charge in [0.25, 0.3) is 0 Å². The fourth-order valence-electron chi connectivity index (χ4n) is 2.65. The first-order valence-electron chi connectivity index (χ1n) is 9.61. The summed E-state index contributed by atoms with van der Waals surface area (Å²) in [5.74, 6) is 0.0731. The van der Waals surface area contributed by atoms with Crippen LogP contribution in [0.15, 0.2) is 0 Å². The number of aliphatic hydroxyl groups excluding tert-OH is 1. The number of nitrogens with one attached hydrogen (secondary N) is 1. The molecule has 0 aromatic carbocycles. The van der Waals surface area contributed by atoms with Crippen LogP contribution >= 0.6 is 0 Å². The highest BCUT2D eigenvalue weighted by Crippen LogP contribution is 2.12. The molecule has 0 saturated carbocycles. The number of aliphatic hydroxyl groups is 1. The molecule has 0 aromatic heterocycles. The minimum absolute atomic E-state index is 0.0731. The summed E-state index contributed by atoms with van der Waals surface area (Å²) < 4.78 is 0. The zero-order valence-corrected chi connectivity index (χ0v) is 15.0. The molecule has 0 aliphatic carbocycles. The highest BCUT2D eigenvalue weighted by atomic mass is 16.3. The number of carbonyl (C=O) groups excluding carboxylic acids is 1. The summed E-state index contributed by atoms with van der Waals surface area (Å²) in [6, 6.07) is 0. The van der Waals surface area contributed by atoms with E-state index in [1.165, 1.54) is 70.6 Å². The van der Waals surface area contributed by atoms with Crippen LogP contribution in [0.2, 0.25) is 0 Å². The summed E-state index contributed by atoms with van der Waals surface area (Å²) in [7, 11) is 0. The molecule has 0 aliphatic heterocycles. The van der Waals surface area contributed by atoms with Gasteiger partial charge >= 0.3 is 0 Å². The SMILES string of the molecule is CCCCCCCCCCCCCCCC(=O)NC[C@@H](C)O. The Bertz CT molecular complexity index is 242. The van der Waals surface area contributed by atoms with Gasteiger partial charge in [-0.25, -0.2) is 0 Å². The van der Waals surface area contributed by atoms with Crippen LogP contribution < -0.4 is 5.32 Å². The third-order valence-corrected chi connectivity index (χ3v) is 4.10. The first-order chi connectivity index (χ1) is 10.7. The van der Waals surface area contributed by atoms with Crippen LogP contribution in [0, 0.1) is 0 Å². The van der Waals surface area contributed by atoms with Gasteiger partial charge in [0.05, 0.1) is 6.10 Å². The largest absolute Gasteiger partial charge is 0.392 e. The highest BCUT2D eigenvalue weighted by Gasteiger charge is 2.02. The number of unbranched alkanes of at least 4 members (excludes halogenated alkanes) is 12. The Hall–Kier alpha value is -0.570. The van der Waals surface area contributed by atoms with Crippen molar-refractivity contribution >= 4 is 5.91 Å². The van der Waals surface area contributed by atoms with Crippen molar-refractivity contribution < 1.29 is 9.90 Å². The molecule has 2 N–H and O–H groups in total. The Morgan fingerprint density at radius 3 is 1.64 bits per heavy atom. The minimum Gasteiger partial charge on any atom is -0.392 e. The Balaban J connectivity index is 3.09. The maximum Gasteiger partial charge on any atom is 0.220 e. The number of carbonyl (C=O) groups is 1. The van der Waals surface area contributed by atoms with Gasteiger partial charge in [0.1, 0.15) is 0 Å². The monoisotopic (exact) mass is 313 g/mol. The molecule has 0 saturated heterocycles. The van der Waals surface area contributed by atoms with Crippen LogP contribution in [0.25, 0.3) is 0 Å². The zero-order chi connectivity index (χ0) is 16.5. The van der Waals surface area contributed by atoms with Crippen LogP contribution in [0.5, 0.6) is 0 Å². The molecule has 0 spiro atoms. The molecule has 22 heavy (non-hydrogen) atoms. The summed E-state index contributed by atoms with van der Waals surface area (Å²) in [5.41, 5.74) is 0. The molecule has 0 aliphatic rings. The Morgan fingerprint density at radius 1 is 0.818 bits per heavy atom. The van der Waals surface area contributed by atoms with E-state index < -0.39 is 6.10 Å². The second-order valence-electron chi connectivity index (χ2n) is 6.65. The Kier molecular flexibility index (Phi) is 16.4. The minimum atomic E-state index is -0.449. The first kappa shape index (κ1) is 21.4. The summed E-state index contributed by atoms with van der Waals surface area (Å²) in [6.45, 7) is 4.32. The van der Waals surface area contributed by atoms with Gasteiger partial charge in [-0.1, -0.05) is 84.0 Å². The van der Waals surface area contributed by atoms with Crippen molar-refractivity contribution in [2.45, 2.75) is 110 Å². The average Bonchev–Trinajstić information content (AvgIpc) is 2.49. The molecule has 132 valence electrons. The maximum absolute atomic E-state index is 11.4. The van der Waals surface area contributed by atoms with Crippen molar-refractivity contribution in [2.24, 2.45) is 0 Å². The molecule has 0 bridgehead atoms. The lowest BCUT2D eigenvalue weighted by Crippen LogP contribution is -2.30. The van der Waals surface area contributed by atoms with Crippen molar-refractivity contribution in [2.75, 3.05) is 6.54 Å². The van der Waals surface area contributed by atoms with Crippen molar-refractivity contribution in [1.29, 1.82) is 0 Å². The lowest BCUT2D eigenvalue weighted by Gasteiger charge is -2.07. The summed E-state index contributed by atoms with van der Waals surface area (Å²) in [6.07, 6.45) is 17.4. The molecule has 0 fully saturated rings. The standard InChI is InChI=1S/C19H39NO2/c1-3-4-5-6-7-8-9-10-11-12-13-14-15-16-19(22)20-17-18(2)21/h18,21H,3-17H2,1-2H3,(H,20,22)/t18-/m1/s1. The second kappa shape index (κ2) is 16.8. The number of hydrogen-bond donors (Lipinski definition) is 2. The van der Waals surface area contributed by atoms with E-state index in [1.807, 2.05) is 0 Å². The number of rotatable bonds is 16. The van der Waals surface area contributed by atoms with Crippen LogP contribution in [-0.4, -0.2) is 23.7 Å². The molecule has 0 heterocycles. The van der Waals surface area contributed by atoms with Gasteiger partial charge in [0.2, 0.25) is 5.91 Å². The molecule has 0 unspecified atom stereocenters. The topological polar surface area (TPSA) is 49.3 Å². The van der Waals surface area contributed by atoms with Gasteiger partial charge in [-0.15, -0.1) is 0 Å². The van der Waals surface area contributed by atoms with E-state index in [4.69, 9.17) is 5.11 Å². The molecule has 0 radical (unpaired) electrons. The molecule has 1 amide bonds. The fraction of sp³-hybridized carbons (Fsp3) is 0.947. The molecular weight excluding hydrogens is 274 g/mol. The van der Waals surface area contributed by atoms with E-state index in [-0.39, 0.29) is 5.91 Å². The third-order valence-electron chi connectivity index (χ3n) is 4.10. The quantitative estimate of drug-likeness (QED) is 0.395. The average molecular weight is 314 g/mol. The summed E-state index contributed by atoms with van der Waals surface area (Å²) >= 11 is 0. The van der Waals surface area contributed by atoms with Gasteiger partial charge < -0.3 is 10.4 Å². The van der Waals surface area contributed by atoms with Gasteiger partial charge in [-0.3, -0.25) is 4.79 Å². The Labute approximate surface area is 138 Å². The normalized spacial score (nSPS) is 12.3. The van der Waals surface area contributed by atoms with E-state index >= 15 is 0 Å². The molecular formula is C19H39NO2. The van der Waals surface area contributed by atoms with Gasteiger partial charge in [0.15, 0.2) is 0 Å². The van der Waals surface area contributed by atoms with E-state index in [1.54, 1.807) is 6.92 Å². The van der Waals surface area contributed by atoms with E-state index in [0.29, 0.717) is 13.0 Å². The second-order valence-corrected chi connectivity index (χ2v) is 6.65. The number of hydrogen-bond acceptors (Lipinski definition) is 2. The third kappa shape index (κ3) is 17.5. The van der Waals surface area contributed by atoms with Crippen molar-refractivity contribution in [3.63, 3.8) is 0 Å². The molecule has 3 nitrogen and oxygen atoms in total. The molecule has 1 atom stereocenters. The van der Waals surface area contributed by atoms with E-state index in [0.717, 1.165) is 12.8 Å². The lowest BCUT2D eigenvalue weighted by atomic mass is 10.0. The van der Waals surface area contributed by atoms with Crippen molar-refractivity contribution in [3.8, 4) is 0 Å². The molecule has 3 heteroatoms. The zero-order valence-electron chi connectivity index (χ0n) is 15.0.